The molecule has 2 N–H and O–H groups in total. The van der Waals surface area contributed by atoms with Gasteiger partial charge >= 0.3 is 6.03 Å². The topological polar surface area (TPSA) is 113 Å². The number of rotatable bonds is 4. The maximum Gasteiger partial charge on any atom is 0.325 e. The Kier molecular flexibility index (Phi) is 4.28. The molecule has 4 amide bonds. The molecule has 3 rings (SSSR count). The predicted octanol–water partition coefficient (Wildman–Crippen LogP) is -0.243. The van der Waals surface area contributed by atoms with Crippen molar-refractivity contribution in [2.24, 2.45) is 0 Å². The fraction of sp³-hybridized carbons (Fsp3) is 0.438. The van der Waals surface area contributed by atoms with Crippen LogP contribution in [0.25, 0.3) is 0 Å². The molecule has 8 nitrogen and oxygen atoms in total. The summed E-state index contributed by atoms with van der Waals surface area (Å²) in [7, 11) is -3.12. The molecule has 0 aromatic heterocycles. The molecule has 1 aromatic carbocycles. The van der Waals surface area contributed by atoms with Gasteiger partial charge in [0.15, 0.2) is 9.84 Å². The van der Waals surface area contributed by atoms with Crippen LogP contribution in [0.3, 0.4) is 0 Å². The molecule has 1 aromatic rings. The van der Waals surface area contributed by atoms with Crippen molar-refractivity contribution >= 4 is 27.7 Å². The van der Waals surface area contributed by atoms with E-state index in [0.717, 1.165) is 4.90 Å². The summed E-state index contributed by atoms with van der Waals surface area (Å²) in [5.74, 6) is -1.14. The zero-order chi connectivity index (χ0) is 18.2. The van der Waals surface area contributed by atoms with Gasteiger partial charge in [-0.05, 0) is 18.9 Å². The van der Waals surface area contributed by atoms with E-state index in [1.54, 1.807) is 37.3 Å². The number of sulfone groups is 1. The lowest BCUT2D eigenvalue weighted by Crippen LogP contribution is -2.45. The van der Waals surface area contributed by atoms with Gasteiger partial charge in [-0.15, -0.1) is 0 Å². The molecule has 2 atom stereocenters. The average molecular weight is 365 g/mol. The zero-order valence-corrected chi connectivity index (χ0v) is 14.5. The highest BCUT2D eigenvalue weighted by Crippen LogP contribution is 2.28. The molecule has 134 valence electrons. The predicted molar refractivity (Wildman–Crippen MR) is 89.2 cm³/mol. The number of urea groups is 1. The smallest absolute Gasteiger partial charge is 0.325 e. The van der Waals surface area contributed by atoms with E-state index in [-0.39, 0.29) is 11.5 Å². The second kappa shape index (κ2) is 6.14. The van der Waals surface area contributed by atoms with Gasteiger partial charge in [-0.3, -0.25) is 14.5 Å². The van der Waals surface area contributed by atoms with Crippen molar-refractivity contribution < 1.29 is 22.8 Å². The van der Waals surface area contributed by atoms with Crippen molar-refractivity contribution in [2.75, 3.05) is 18.1 Å². The SMILES string of the molecule is C[C@@]1(c2ccccc2)NC(=O)N(CC(=O)N[C@H]2CCS(=O)(=O)C2)C1=O. The summed E-state index contributed by atoms with van der Waals surface area (Å²) in [6.45, 7) is 1.15. The van der Waals surface area contributed by atoms with E-state index in [9.17, 15) is 22.8 Å². The lowest BCUT2D eigenvalue weighted by molar-refractivity contribution is -0.135. The number of amides is 4. The Balaban J connectivity index is 1.68. The van der Waals surface area contributed by atoms with Crippen molar-refractivity contribution in [1.82, 2.24) is 15.5 Å². The van der Waals surface area contributed by atoms with Crippen molar-refractivity contribution in [3.05, 3.63) is 35.9 Å². The molecule has 0 saturated carbocycles. The Morgan fingerprint density at radius 3 is 2.60 bits per heavy atom. The minimum atomic E-state index is -3.12. The number of carbonyl (C=O) groups is 3. The molecular weight excluding hydrogens is 346 g/mol. The number of nitrogens with zero attached hydrogens (tertiary/aromatic N) is 1. The van der Waals surface area contributed by atoms with Crippen LogP contribution in [0.5, 0.6) is 0 Å². The molecular formula is C16H19N3O5S. The summed E-state index contributed by atoms with van der Waals surface area (Å²) in [6.07, 6.45) is 0.343. The molecule has 0 radical (unpaired) electrons. The number of hydrogen-bond donors (Lipinski definition) is 2. The van der Waals surface area contributed by atoms with E-state index in [1.807, 2.05) is 0 Å². The van der Waals surface area contributed by atoms with E-state index >= 15 is 0 Å². The minimum absolute atomic E-state index is 0.0349. The van der Waals surface area contributed by atoms with Gasteiger partial charge in [0, 0.05) is 6.04 Å². The van der Waals surface area contributed by atoms with E-state index in [2.05, 4.69) is 10.6 Å². The van der Waals surface area contributed by atoms with Gasteiger partial charge in [0.25, 0.3) is 5.91 Å². The van der Waals surface area contributed by atoms with Gasteiger partial charge in [0.2, 0.25) is 5.91 Å². The highest BCUT2D eigenvalue weighted by Gasteiger charge is 2.49. The number of nitrogens with one attached hydrogen (secondary N) is 2. The van der Waals surface area contributed by atoms with Gasteiger partial charge in [0.1, 0.15) is 12.1 Å². The van der Waals surface area contributed by atoms with E-state index in [1.165, 1.54) is 0 Å². The van der Waals surface area contributed by atoms with Crippen molar-refractivity contribution in [1.29, 1.82) is 0 Å². The minimum Gasteiger partial charge on any atom is -0.351 e. The number of imide groups is 1. The summed E-state index contributed by atoms with van der Waals surface area (Å²) in [5, 5.41) is 5.20. The van der Waals surface area contributed by atoms with E-state index < -0.39 is 45.8 Å². The second-order valence-corrected chi connectivity index (χ2v) is 8.71. The number of benzene rings is 1. The summed E-state index contributed by atoms with van der Waals surface area (Å²) in [5.41, 5.74) is -0.604. The summed E-state index contributed by atoms with van der Waals surface area (Å²) in [4.78, 5) is 37.8. The summed E-state index contributed by atoms with van der Waals surface area (Å²) >= 11 is 0. The van der Waals surface area contributed by atoms with Gasteiger partial charge in [-0.2, -0.15) is 0 Å². The molecule has 25 heavy (non-hydrogen) atoms. The first-order valence-corrected chi connectivity index (χ1v) is 9.73. The Morgan fingerprint density at radius 2 is 2.00 bits per heavy atom. The maximum atomic E-state index is 12.7. The van der Waals surface area contributed by atoms with Gasteiger partial charge < -0.3 is 10.6 Å². The Bertz CT molecular complexity index is 823. The molecule has 2 aliphatic heterocycles. The third-order valence-electron chi connectivity index (χ3n) is 4.53. The third kappa shape index (κ3) is 3.37. The standard InChI is InChI=1S/C16H19N3O5S/c1-16(11-5-3-2-4-6-11)14(21)19(15(22)18-16)9-13(20)17-12-7-8-25(23,24)10-12/h2-6,12H,7-10H2,1H3,(H,17,20)(H,18,22)/t12-,16-/m0/s1. The first-order chi connectivity index (χ1) is 11.7. The normalized spacial score (nSPS) is 28.0. The fourth-order valence-electron chi connectivity index (χ4n) is 3.13. The molecule has 2 aliphatic rings. The lowest BCUT2D eigenvalue weighted by atomic mass is 9.92. The molecule has 2 heterocycles. The van der Waals surface area contributed by atoms with Crippen molar-refractivity contribution in [3.8, 4) is 0 Å². The zero-order valence-electron chi connectivity index (χ0n) is 13.7. The first-order valence-electron chi connectivity index (χ1n) is 7.91. The molecule has 2 fully saturated rings. The van der Waals surface area contributed by atoms with Gasteiger partial charge in [-0.1, -0.05) is 30.3 Å². The van der Waals surface area contributed by atoms with Crippen LogP contribution in [-0.2, 0) is 25.0 Å². The molecule has 9 heteroatoms. The lowest BCUT2D eigenvalue weighted by Gasteiger charge is -2.22. The Labute approximate surface area is 145 Å². The van der Waals surface area contributed by atoms with Crippen LogP contribution < -0.4 is 10.6 Å². The monoisotopic (exact) mass is 365 g/mol. The van der Waals surface area contributed by atoms with Crippen LogP contribution in [0.2, 0.25) is 0 Å². The highest BCUT2D eigenvalue weighted by molar-refractivity contribution is 7.91. The van der Waals surface area contributed by atoms with Crippen LogP contribution in [0.1, 0.15) is 18.9 Å². The Morgan fingerprint density at radius 1 is 1.32 bits per heavy atom. The molecule has 0 unspecified atom stereocenters. The van der Waals surface area contributed by atoms with Crippen LogP contribution in [0.15, 0.2) is 30.3 Å². The van der Waals surface area contributed by atoms with Crippen LogP contribution in [-0.4, -0.2) is 55.3 Å². The summed E-state index contributed by atoms with van der Waals surface area (Å²) in [6, 6.07) is 7.65. The summed E-state index contributed by atoms with van der Waals surface area (Å²) < 4.78 is 22.9. The van der Waals surface area contributed by atoms with Crippen LogP contribution in [0, 0.1) is 0 Å². The van der Waals surface area contributed by atoms with Gasteiger partial charge in [-0.25, -0.2) is 13.2 Å². The largest absolute Gasteiger partial charge is 0.351 e. The third-order valence-corrected chi connectivity index (χ3v) is 6.29. The van der Waals surface area contributed by atoms with Crippen LogP contribution in [0.4, 0.5) is 4.79 Å². The first kappa shape index (κ1) is 17.4. The highest BCUT2D eigenvalue weighted by atomic mass is 32.2. The van der Waals surface area contributed by atoms with Gasteiger partial charge in [0.05, 0.1) is 11.5 Å². The number of hydrogen-bond acceptors (Lipinski definition) is 5. The average Bonchev–Trinajstić information content (AvgIpc) is 3.00. The maximum absolute atomic E-state index is 12.7. The Hall–Kier alpha value is -2.42. The number of carbonyl (C=O) groups excluding carboxylic acids is 3. The molecule has 2 saturated heterocycles. The van der Waals surface area contributed by atoms with Crippen molar-refractivity contribution in [3.63, 3.8) is 0 Å². The van der Waals surface area contributed by atoms with E-state index in [0.29, 0.717) is 12.0 Å². The molecule has 0 aliphatic carbocycles. The van der Waals surface area contributed by atoms with Crippen LogP contribution >= 0.6 is 0 Å². The molecule has 0 bridgehead atoms. The van der Waals surface area contributed by atoms with Crippen molar-refractivity contribution in [2.45, 2.75) is 24.9 Å². The van der Waals surface area contributed by atoms with E-state index in [4.69, 9.17) is 0 Å². The fourth-order valence-corrected chi connectivity index (χ4v) is 4.81. The quantitative estimate of drug-likeness (QED) is 0.715. The molecule has 0 spiro atoms. The second-order valence-electron chi connectivity index (χ2n) is 6.48.